The lowest BCUT2D eigenvalue weighted by molar-refractivity contribution is -0.128. The van der Waals surface area contributed by atoms with Crippen LogP contribution in [0.5, 0.6) is 0 Å². The minimum atomic E-state index is -0.702. The average Bonchev–Trinajstić information content (AvgIpc) is 2.82. The quantitative estimate of drug-likeness (QED) is 0.828. The SMILES string of the molecule is CC12COCC1NC(=O)N(c1cccc(CN)c1)C2=O. The number of carbonyl (C=O) groups is 2. The van der Waals surface area contributed by atoms with Crippen molar-refractivity contribution in [2.24, 2.45) is 11.1 Å². The number of hydrogen-bond donors (Lipinski definition) is 2. The predicted octanol–water partition coefficient (Wildman–Crippen LogP) is 0.607. The Morgan fingerprint density at radius 3 is 3.05 bits per heavy atom. The van der Waals surface area contributed by atoms with Gasteiger partial charge in [-0.3, -0.25) is 4.79 Å². The van der Waals surface area contributed by atoms with E-state index in [0.29, 0.717) is 25.4 Å². The Labute approximate surface area is 116 Å². The summed E-state index contributed by atoms with van der Waals surface area (Å²) < 4.78 is 5.36. The van der Waals surface area contributed by atoms with Gasteiger partial charge >= 0.3 is 6.03 Å². The number of amides is 3. The molecule has 3 amide bonds. The molecule has 106 valence electrons. The lowest BCUT2D eigenvalue weighted by Gasteiger charge is -2.39. The summed E-state index contributed by atoms with van der Waals surface area (Å²) in [5.74, 6) is -0.224. The van der Waals surface area contributed by atoms with Gasteiger partial charge in [0.15, 0.2) is 0 Å². The molecule has 2 unspecified atom stereocenters. The molecule has 3 N–H and O–H groups in total. The molecule has 2 saturated heterocycles. The molecule has 6 nitrogen and oxygen atoms in total. The minimum absolute atomic E-state index is 0.224. The van der Waals surface area contributed by atoms with Gasteiger partial charge in [-0.25, -0.2) is 9.69 Å². The van der Waals surface area contributed by atoms with E-state index in [4.69, 9.17) is 10.5 Å². The summed E-state index contributed by atoms with van der Waals surface area (Å²) in [6, 6.07) is 6.48. The Hall–Kier alpha value is -1.92. The number of carbonyl (C=O) groups excluding carboxylic acids is 2. The molecular formula is C14H17N3O3. The number of rotatable bonds is 2. The van der Waals surface area contributed by atoms with Crippen molar-refractivity contribution in [1.29, 1.82) is 0 Å². The Morgan fingerprint density at radius 1 is 1.50 bits per heavy atom. The number of nitrogens with one attached hydrogen (secondary N) is 1. The minimum Gasteiger partial charge on any atom is -0.378 e. The fraction of sp³-hybridized carbons (Fsp3) is 0.429. The van der Waals surface area contributed by atoms with Crippen LogP contribution in [0.15, 0.2) is 24.3 Å². The molecule has 0 saturated carbocycles. The fourth-order valence-corrected chi connectivity index (χ4v) is 2.70. The van der Waals surface area contributed by atoms with Crippen LogP contribution in [0.1, 0.15) is 12.5 Å². The lowest BCUT2D eigenvalue weighted by atomic mass is 9.82. The van der Waals surface area contributed by atoms with Crippen LogP contribution in [0.3, 0.4) is 0 Å². The van der Waals surface area contributed by atoms with E-state index in [9.17, 15) is 9.59 Å². The van der Waals surface area contributed by atoms with Crippen molar-refractivity contribution in [2.45, 2.75) is 19.5 Å². The lowest BCUT2D eigenvalue weighted by Crippen LogP contribution is -2.65. The molecule has 6 heteroatoms. The highest BCUT2D eigenvalue weighted by molar-refractivity contribution is 6.18. The van der Waals surface area contributed by atoms with Gasteiger partial charge in [0.2, 0.25) is 5.91 Å². The van der Waals surface area contributed by atoms with E-state index in [1.807, 2.05) is 13.0 Å². The highest BCUT2D eigenvalue weighted by atomic mass is 16.5. The number of ether oxygens (including phenoxy) is 1. The highest BCUT2D eigenvalue weighted by Crippen LogP contribution is 2.36. The number of imide groups is 1. The molecule has 3 rings (SSSR count). The van der Waals surface area contributed by atoms with Gasteiger partial charge in [-0.1, -0.05) is 12.1 Å². The zero-order chi connectivity index (χ0) is 14.3. The van der Waals surface area contributed by atoms with E-state index in [1.165, 1.54) is 4.90 Å². The number of hydrogen-bond acceptors (Lipinski definition) is 4. The van der Waals surface area contributed by atoms with Crippen LogP contribution in [0, 0.1) is 5.41 Å². The molecule has 2 aliphatic heterocycles. The van der Waals surface area contributed by atoms with E-state index in [0.717, 1.165) is 5.56 Å². The van der Waals surface area contributed by atoms with E-state index in [2.05, 4.69) is 5.32 Å². The summed E-state index contributed by atoms with van der Waals surface area (Å²) in [5, 5.41) is 2.85. The fourth-order valence-electron chi connectivity index (χ4n) is 2.70. The molecule has 0 aromatic heterocycles. The number of anilines is 1. The molecule has 0 bridgehead atoms. The monoisotopic (exact) mass is 275 g/mol. The van der Waals surface area contributed by atoms with Crippen molar-refractivity contribution in [1.82, 2.24) is 5.32 Å². The van der Waals surface area contributed by atoms with Crippen LogP contribution in [0.2, 0.25) is 0 Å². The van der Waals surface area contributed by atoms with Gasteiger partial charge in [-0.05, 0) is 24.6 Å². The van der Waals surface area contributed by atoms with Crippen LogP contribution in [-0.2, 0) is 16.1 Å². The zero-order valence-corrected chi connectivity index (χ0v) is 11.3. The normalized spacial score (nSPS) is 29.3. The number of urea groups is 1. The van der Waals surface area contributed by atoms with Crippen LogP contribution in [0.25, 0.3) is 0 Å². The summed E-state index contributed by atoms with van der Waals surface area (Å²) in [5.41, 5.74) is 6.32. The molecule has 2 fully saturated rings. The first-order chi connectivity index (χ1) is 9.56. The predicted molar refractivity (Wildman–Crippen MR) is 73.1 cm³/mol. The van der Waals surface area contributed by atoms with Gasteiger partial charge in [-0.2, -0.15) is 0 Å². The Kier molecular flexibility index (Phi) is 2.99. The van der Waals surface area contributed by atoms with Gasteiger partial charge < -0.3 is 15.8 Å². The third-order valence-electron chi connectivity index (χ3n) is 4.05. The molecule has 0 radical (unpaired) electrons. The second-order valence-corrected chi connectivity index (χ2v) is 5.45. The first kappa shape index (κ1) is 13.1. The second kappa shape index (κ2) is 4.57. The third-order valence-corrected chi connectivity index (χ3v) is 4.05. The largest absolute Gasteiger partial charge is 0.378 e. The number of fused-ring (bicyclic) bond motifs is 1. The maximum absolute atomic E-state index is 12.7. The van der Waals surface area contributed by atoms with Gasteiger partial charge in [0, 0.05) is 6.54 Å². The Balaban J connectivity index is 1.99. The summed E-state index contributed by atoms with van der Waals surface area (Å²) in [4.78, 5) is 26.1. The summed E-state index contributed by atoms with van der Waals surface area (Å²) >= 11 is 0. The molecule has 20 heavy (non-hydrogen) atoms. The van der Waals surface area contributed by atoms with Crippen molar-refractivity contribution in [2.75, 3.05) is 18.1 Å². The Morgan fingerprint density at radius 2 is 2.30 bits per heavy atom. The Bertz CT molecular complexity index is 575. The van der Waals surface area contributed by atoms with Crippen molar-refractivity contribution < 1.29 is 14.3 Å². The van der Waals surface area contributed by atoms with Crippen molar-refractivity contribution in [3.8, 4) is 0 Å². The average molecular weight is 275 g/mol. The van der Waals surface area contributed by atoms with Gasteiger partial charge in [-0.15, -0.1) is 0 Å². The molecule has 0 aliphatic carbocycles. The van der Waals surface area contributed by atoms with Crippen LogP contribution >= 0.6 is 0 Å². The number of nitrogens with two attached hydrogens (primary N) is 1. The first-order valence-electron chi connectivity index (χ1n) is 6.58. The van der Waals surface area contributed by atoms with Gasteiger partial charge in [0.05, 0.1) is 30.4 Å². The zero-order valence-electron chi connectivity index (χ0n) is 11.3. The number of benzene rings is 1. The smallest absolute Gasteiger partial charge is 0.329 e. The van der Waals surface area contributed by atoms with Crippen LogP contribution in [-0.4, -0.2) is 31.2 Å². The van der Waals surface area contributed by atoms with E-state index in [1.54, 1.807) is 18.2 Å². The molecule has 1 aromatic rings. The third kappa shape index (κ3) is 1.80. The highest BCUT2D eigenvalue weighted by Gasteiger charge is 2.54. The topological polar surface area (TPSA) is 84.7 Å². The summed E-state index contributed by atoms with van der Waals surface area (Å²) in [7, 11) is 0. The molecular weight excluding hydrogens is 258 g/mol. The molecule has 0 spiro atoms. The summed E-state index contributed by atoms with van der Waals surface area (Å²) in [6.45, 7) is 2.89. The summed E-state index contributed by atoms with van der Waals surface area (Å²) in [6.07, 6.45) is 0. The number of nitrogens with zero attached hydrogens (tertiary/aromatic N) is 1. The van der Waals surface area contributed by atoms with Crippen LogP contribution in [0.4, 0.5) is 10.5 Å². The van der Waals surface area contributed by atoms with Crippen molar-refractivity contribution >= 4 is 17.6 Å². The standard InChI is InChI=1S/C14H17N3O3/c1-14-8-20-7-11(14)16-13(19)17(12(14)18)10-4-2-3-9(5-10)6-15/h2-5,11H,6-8,15H2,1H3,(H,16,19). The van der Waals surface area contributed by atoms with Gasteiger partial charge in [0.1, 0.15) is 0 Å². The molecule has 2 heterocycles. The van der Waals surface area contributed by atoms with Crippen molar-refractivity contribution in [3.05, 3.63) is 29.8 Å². The molecule has 1 aromatic carbocycles. The van der Waals surface area contributed by atoms with Crippen LogP contribution < -0.4 is 16.0 Å². The van der Waals surface area contributed by atoms with E-state index >= 15 is 0 Å². The second-order valence-electron chi connectivity index (χ2n) is 5.45. The first-order valence-corrected chi connectivity index (χ1v) is 6.58. The molecule has 2 atom stereocenters. The molecule has 2 aliphatic rings. The van der Waals surface area contributed by atoms with Gasteiger partial charge in [0.25, 0.3) is 0 Å². The maximum Gasteiger partial charge on any atom is 0.329 e. The van der Waals surface area contributed by atoms with E-state index in [-0.39, 0.29) is 11.9 Å². The van der Waals surface area contributed by atoms with E-state index < -0.39 is 11.4 Å². The maximum atomic E-state index is 12.7. The van der Waals surface area contributed by atoms with Crippen molar-refractivity contribution in [3.63, 3.8) is 0 Å².